The third kappa shape index (κ3) is 5.28. The minimum atomic E-state index is -3.34. The standard InChI is InChI=1S/C26H28N6O3S2/c1-16(17-9-11-32(12-10-17)25-28-14-20(15-29-25)18-3-4-18)35-26-31-22-7-6-21(30-24(22)36-26)19-5-8-23(27-13-19)37(2,33)34/h5-8,13-18H,3-4,9-12H2,1-2H3. The summed E-state index contributed by atoms with van der Waals surface area (Å²) in [5, 5.41) is 0.656. The zero-order chi connectivity index (χ0) is 25.6. The maximum absolute atomic E-state index is 11.7. The molecule has 5 heterocycles. The van der Waals surface area contributed by atoms with Crippen molar-refractivity contribution in [3.8, 4) is 16.5 Å². The number of pyridine rings is 2. The predicted octanol–water partition coefficient (Wildman–Crippen LogP) is 4.51. The second-order valence-electron chi connectivity index (χ2n) is 9.90. The fraction of sp³-hybridized carbons (Fsp3) is 0.423. The van der Waals surface area contributed by atoms with Crippen molar-refractivity contribution in [2.75, 3.05) is 24.2 Å². The smallest absolute Gasteiger partial charge is 0.276 e. The van der Waals surface area contributed by atoms with Gasteiger partial charge >= 0.3 is 0 Å². The van der Waals surface area contributed by atoms with Crippen LogP contribution >= 0.6 is 11.3 Å². The number of ether oxygens (including phenoxy) is 1. The van der Waals surface area contributed by atoms with E-state index in [1.807, 2.05) is 24.5 Å². The van der Waals surface area contributed by atoms with E-state index in [9.17, 15) is 8.42 Å². The van der Waals surface area contributed by atoms with Crippen LogP contribution in [-0.4, -0.2) is 58.8 Å². The number of hydrogen-bond acceptors (Lipinski definition) is 10. The third-order valence-electron chi connectivity index (χ3n) is 7.13. The normalized spacial score (nSPS) is 17.7. The first-order chi connectivity index (χ1) is 17.8. The van der Waals surface area contributed by atoms with E-state index in [0.717, 1.165) is 54.0 Å². The van der Waals surface area contributed by atoms with Crippen LogP contribution in [0.15, 0.2) is 47.9 Å². The molecule has 1 unspecified atom stereocenters. The molecular formula is C26H28N6O3S2. The summed E-state index contributed by atoms with van der Waals surface area (Å²) in [4.78, 5) is 25.6. The Kier molecular flexibility index (Phi) is 6.28. The van der Waals surface area contributed by atoms with Gasteiger partial charge in [0.1, 0.15) is 16.5 Å². The molecule has 0 amide bonds. The molecule has 0 bridgehead atoms. The molecule has 1 aliphatic carbocycles. The van der Waals surface area contributed by atoms with Crippen LogP contribution in [-0.2, 0) is 9.84 Å². The first-order valence-electron chi connectivity index (χ1n) is 12.5. The molecule has 11 heteroatoms. The van der Waals surface area contributed by atoms with Crippen molar-refractivity contribution < 1.29 is 13.2 Å². The molecule has 2 aliphatic rings. The van der Waals surface area contributed by atoms with Gasteiger partial charge in [0.25, 0.3) is 5.19 Å². The summed E-state index contributed by atoms with van der Waals surface area (Å²) in [5.41, 5.74) is 3.50. The molecule has 0 aromatic carbocycles. The molecule has 0 radical (unpaired) electrons. The summed E-state index contributed by atoms with van der Waals surface area (Å²) in [6.45, 7) is 3.94. The second kappa shape index (κ2) is 9.60. The van der Waals surface area contributed by atoms with Crippen LogP contribution < -0.4 is 9.64 Å². The Morgan fingerprint density at radius 3 is 2.38 bits per heavy atom. The highest BCUT2D eigenvalue weighted by Crippen LogP contribution is 2.39. The van der Waals surface area contributed by atoms with E-state index in [0.29, 0.717) is 22.7 Å². The summed E-state index contributed by atoms with van der Waals surface area (Å²) in [5.74, 6) is 1.93. The Balaban J connectivity index is 1.08. The van der Waals surface area contributed by atoms with Crippen molar-refractivity contribution in [3.05, 3.63) is 48.4 Å². The zero-order valence-electron chi connectivity index (χ0n) is 20.7. The van der Waals surface area contributed by atoms with Crippen LogP contribution in [0.2, 0.25) is 0 Å². The minimum absolute atomic E-state index is 0.0353. The van der Waals surface area contributed by atoms with Crippen molar-refractivity contribution in [1.82, 2.24) is 24.9 Å². The summed E-state index contributed by atoms with van der Waals surface area (Å²) in [7, 11) is -3.34. The molecule has 1 atom stereocenters. The number of piperidine rings is 1. The van der Waals surface area contributed by atoms with Gasteiger partial charge in [-0.3, -0.25) is 0 Å². The predicted molar refractivity (Wildman–Crippen MR) is 143 cm³/mol. The van der Waals surface area contributed by atoms with Gasteiger partial charge in [0.05, 0.1) is 5.69 Å². The molecule has 1 aliphatic heterocycles. The molecular weight excluding hydrogens is 508 g/mol. The summed E-state index contributed by atoms with van der Waals surface area (Å²) >= 11 is 1.42. The van der Waals surface area contributed by atoms with Crippen LogP contribution in [0, 0.1) is 5.92 Å². The summed E-state index contributed by atoms with van der Waals surface area (Å²) < 4.78 is 29.6. The van der Waals surface area contributed by atoms with Crippen molar-refractivity contribution in [2.45, 2.75) is 49.7 Å². The number of fused-ring (bicyclic) bond motifs is 1. The molecule has 1 saturated carbocycles. The minimum Gasteiger partial charge on any atom is -0.467 e. The number of anilines is 1. The van der Waals surface area contributed by atoms with Gasteiger partial charge in [-0.25, -0.2) is 33.3 Å². The van der Waals surface area contributed by atoms with Gasteiger partial charge in [-0.1, -0.05) is 11.3 Å². The Morgan fingerprint density at radius 1 is 0.973 bits per heavy atom. The van der Waals surface area contributed by atoms with Crippen LogP contribution in [0.1, 0.15) is 44.1 Å². The molecule has 4 aromatic heterocycles. The van der Waals surface area contributed by atoms with Gasteiger partial charge in [-0.05, 0) is 74.3 Å². The van der Waals surface area contributed by atoms with E-state index in [1.165, 1.54) is 42.0 Å². The van der Waals surface area contributed by atoms with Crippen LogP contribution in [0.25, 0.3) is 21.6 Å². The van der Waals surface area contributed by atoms with Crippen LogP contribution in [0.3, 0.4) is 0 Å². The lowest BCUT2D eigenvalue weighted by atomic mass is 9.92. The maximum atomic E-state index is 11.7. The van der Waals surface area contributed by atoms with Gasteiger partial charge in [0, 0.05) is 43.5 Å². The number of nitrogens with zero attached hydrogens (tertiary/aromatic N) is 6. The van der Waals surface area contributed by atoms with Gasteiger partial charge in [-0.15, -0.1) is 0 Å². The molecule has 0 N–H and O–H groups in total. The molecule has 1 saturated heterocycles. The van der Waals surface area contributed by atoms with E-state index in [4.69, 9.17) is 9.72 Å². The molecule has 192 valence electrons. The quantitative estimate of drug-likeness (QED) is 0.337. The Morgan fingerprint density at radius 2 is 1.73 bits per heavy atom. The van der Waals surface area contributed by atoms with E-state index >= 15 is 0 Å². The number of hydrogen-bond donors (Lipinski definition) is 0. The van der Waals surface area contributed by atoms with E-state index < -0.39 is 9.84 Å². The monoisotopic (exact) mass is 536 g/mol. The van der Waals surface area contributed by atoms with Gasteiger partial charge in [0.15, 0.2) is 14.9 Å². The molecule has 9 nitrogen and oxygen atoms in total. The fourth-order valence-corrected chi connectivity index (χ4v) is 6.14. The molecule has 4 aromatic rings. The van der Waals surface area contributed by atoms with Crippen molar-refractivity contribution >= 4 is 37.5 Å². The van der Waals surface area contributed by atoms with Crippen molar-refractivity contribution in [2.24, 2.45) is 5.92 Å². The maximum Gasteiger partial charge on any atom is 0.276 e. The number of thiazole rings is 1. The Hall–Kier alpha value is -3.18. The fourth-order valence-electron chi connectivity index (χ4n) is 4.71. The lowest BCUT2D eigenvalue weighted by molar-refractivity contribution is 0.132. The SMILES string of the molecule is CC(Oc1nc2ccc(-c3ccc(S(C)(=O)=O)nc3)nc2s1)C1CCN(c2ncc(C3CC3)cn2)CC1. The lowest BCUT2D eigenvalue weighted by Gasteiger charge is -2.34. The highest BCUT2D eigenvalue weighted by molar-refractivity contribution is 7.90. The van der Waals surface area contributed by atoms with Crippen molar-refractivity contribution in [3.63, 3.8) is 0 Å². The average molecular weight is 537 g/mol. The van der Waals surface area contributed by atoms with Crippen LogP contribution in [0.4, 0.5) is 5.95 Å². The first kappa shape index (κ1) is 24.2. The summed E-state index contributed by atoms with van der Waals surface area (Å²) in [6.07, 6.45) is 11.2. The Bertz CT molecular complexity index is 1510. The van der Waals surface area contributed by atoms with Crippen LogP contribution in [0.5, 0.6) is 5.19 Å². The van der Waals surface area contributed by atoms with E-state index in [2.05, 4.69) is 31.8 Å². The van der Waals surface area contributed by atoms with Gasteiger partial charge < -0.3 is 9.64 Å². The highest BCUT2D eigenvalue weighted by atomic mass is 32.2. The number of rotatable bonds is 7. The van der Waals surface area contributed by atoms with E-state index in [1.54, 1.807) is 6.07 Å². The lowest BCUT2D eigenvalue weighted by Crippen LogP contribution is -2.39. The van der Waals surface area contributed by atoms with Gasteiger partial charge in [0.2, 0.25) is 5.95 Å². The van der Waals surface area contributed by atoms with Gasteiger partial charge in [-0.2, -0.15) is 0 Å². The topological polar surface area (TPSA) is 111 Å². The third-order valence-corrected chi connectivity index (χ3v) is 8.99. The largest absolute Gasteiger partial charge is 0.467 e. The van der Waals surface area contributed by atoms with Crippen molar-refractivity contribution in [1.29, 1.82) is 0 Å². The molecule has 0 spiro atoms. The van der Waals surface area contributed by atoms with E-state index in [-0.39, 0.29) is 11.1 Å². The summed E-state index contributed by atoms with van der Waals surface area (Å²) in [6, 6.07) is 6.99. The molecule has 2 fully saturated rings. The zero-order valence-corrected chi connectivity index (χ0v) is 22.4. The number of sulfone groups is 1. The highest BCUT2D eigenvalue weighted by Gasteiger charge is 2.28. The average Bonchev–Trinajstić information content (AvgIpc) is 3.68. The first-order valence-corrected chi connectivity index (χ1v) is 15.2. The second-order valence-corrected chi connectivity index (χ2v) is 12.8. The Labute approximate surface area is 219 Å². The number of aromatic nitrogens is 5. The molecule has 37 heavy (non-hydrogen) atoms. The molecule has 6 rings (SSSR count).